The van der Waals surface area contributed by atoms with E-state index in [1.807, 2.05) is 0 Å². The lowest BCUT2D eigenvalue weighted by Crippen LogP contribution is -2.33. The SMILES string of the molecule is CCOc1cccc(/C=C2\SC(=O)N(CC(=O)c3ccc(Br)cc3)C2=O)c1OCC(=O)O. The van der Waals surface area contributed by atoms with E-state index in [1.54, 1.807) is 49.4 Å². The highest BCUT2D eigenvalue weighted by molar-refractivity contribution is 9.10. The first kappa shape index (κ1) is 23.6. The van der Waals surface area contributed by atoms with Crippen LogP contribution in [0.4, 0.5) is 4.79 Å². The lowest BCUT2D eigenvalue weighted by molar-refractivity contribution is -0.139. The number of amides is 2. The fourth-order valence-corrected chi connectivity index (χ4v) is 3.95. The molecule has 0 saturated carbocycles. The van der Waals surface area contributed by atoms with E-state index < -0.39 is 23.7 Å². The van der Waals surface area contributed by atoms with Gasteiger partial charge < -0.3 is 14.6 Å². The predicted molar refractivity (Wildman–Crippen MR) is 122 cm³/mol. The van der Waals surface area contributed by atoms with Crippen LogP contribution in [-0.4, -0.2) is 52.7 Å². The summed E-state index contributed by atoms with van der Waals surface area (Å²) in [5, 5.41) is 8.38. The number of carbonyl (C=O) groups excluding carboxylic acids is 3. The lowest BCUT2D eigenvalue weighted by atomic mass is 10.1. The molecule has 166 valence electrons. The zero-order valence-electron chi connectivity index (χ0n) is 16.9. The van der Waals surface area contributed by atoms with E-state index in [0.717, 1.165) is 9.37 Å². The van der Waals surface area contributed by atoms with Gasteiger partial charge in [-0.3, -0.25) is 19.3 Å². The Labute approximate surface area is 196 Å². The monoisotopic (exact) mass is 519 g/mol. The summed E-state index contributed by atoms with van der Waals surface area (Å²) in [7, 11) is 0. The van der Waals surface area contributed by atoms with Gasteiger partial charge in [-0.15, -0.1) is 0 Å². The Hall–Kier alpha value is -3.11. The van der Waals surface area contributed by atoms with Gasteiger partial charge in [0.25, 0.3) is 11.1 Å². The van der Waals surface area contributed by atoms with E-state index >= 15 is 0 Å². The number of imide groups is 1. The van der Waals surface area contributed by atoms with Gasteiger partial charge in [0.15, 0.2) is 23.9 Å². The number of nitrogens with zero attached hydrogens (tertiary/aromatic N) is 1. The summed E-state index contributed by atoms with van der Waals surface area (Å²) in [6.45, 7) is 1.10. The van der Waals surface area contributed by atoms with Gasteiger partial charge in [-0.2, -0.15) is 0 Å². The molecule has 0 spiro atoms. The average molecular weight is 520 g/mol. The zero-order valence-corrected chi connectivity index (χ0v) is 19.3. The molecule has 1 aliphatic rings. The normalized spacial score (nSPS) is 14.7. The minimum atomic E-state index is -1.17. The standard InChI is InChI=1S/C22H18BrNO7S/c1-2-30-17-5-3-4-14(20(17)31-12-19(26)27)10-18-21(28)24(22(29)32-18)11-16(25)13-6-8-15(23)9-7-13/h3-10H,2,11-12H2,1H3,(H,26,27)/b18-10-. The molecule has 2 aromatic rings. The highest BCUT2D eigenvalue weighted by atomic mass is 79.9. The Balaban J connectivity index is 1.85. The van der Waals surface area contributed by atoms with E-state index in [1.165, 1.54) is 6.08 Å². The number of halogens is 1. The number of ketones is 1. The maximum Gasteiger partial charge on any atom is 0.341 e. The van der Waals surface area contributed by atoms with Crippen LogP contribution >= 0.6 is 27.7 Å². The number of hydrogen-bond donors (Lipinski definition) is 1. The second kappa shape index (κ2) is 10.5. The molecule has 0 unspecified atom stereocenters. The van der Waals surface area contributed by atoms with Crippen LogP contribution in [0.1, 0.15) is 22.8 Å². The molecule has 1 saturated heterocycles. The number of thioether (sulfide) groups is 1. The number of carboxylic acid groups (broad SMARTS) is 1. The average Bonchev–Trinajstić information content (AvgIpc) is 3.01. The molecule has 2 aromatic carbocycles. The number of hydrogen-bond acceptors (Lipinski definition) is 7. The smallest absolute Gasteiger partial charge is 0.341 e. The van der Waals surface area contributed by atoms with Crippen LogP contribution in [0, 0.1) is 0 Å². The summed E-state index contributed by atoms with van der Waals surface area (Å²) in [5.74, 6) is -1.70. The van der Waals surface area contributed by atoms with E-state index in [9.17, 15) is 19.2 Å². The summed E-state index contributed by atoms with van der Waals surface area (Å²) in [6, 6.07) is 11.5. The quantitative estimate of drug-likeness (QED) is 0.387. The van der Waals surface area contributed by atoms with Gasteiger partial charge in [-0.1, -0.05) is 40.2 Å². The highest BCUT2D eigenvalue weighted by Gasteiger charge is 2.36. The summed E-state index contributed by atoms with van der Waals surface area (Å²) < 4.78 is 11.7. The predicted octanol–water partition coefficient (Wildman–Crippen LogP) is 4.23. The maximum atomic E-state index is 12.8. The number of rotatable bonds is 9. The number of carbonyl (C=O) groups is 4. The van der Waals surface area contributed by atoms with E-state index in [2.05, 4.69) is 15.9 Å². The molecule has 0 radical (unpaired) electrons. The lowest BCUT2D eigenvalue weighted by Gasteiger charge is -2.13. The Bertz CT molecular complexity index is 1100. The number of benzene rings is 2. The first-order valence-corrected chi connectivity index (χ1v) is 11.1. The van der Waals surface area contributed by atoms with Gasteiger partial charge in [0.05, 0.1) is 18.1 Å². The first-order valence-electron chi connectivity index (χ1n) is 9.44. The van der Waals surface area contributed by atoms with Gasteiger partial charge in [0.2, 0.25) is 0 Å². The third kappa shape index (κ3) is 5.57. The van der Waals surface area contributed by atoms with Crippen molar-refractivity contribution < 1.29 is 33.8 Å². The fraction of sp³-hybridized carbons (Fsp3) is 0.182. The van der Waals surface area contributed by atoms with Gasteiger partial charge in [0, 0.05) is 15.6 Å². The third-order valence-electron chi connectivity index (χ3n) is 4.28. The second-order valence-corrected chi connectivity index (χ2v) is 8.40. The van der Waals surface area contributed by atoms with Crippen molar-refractivity contribution in [3.8, 4) is 11.5 Å². The molecule has 1 heterocycles. The third-order valence-corrected chi connectivity index (χ3v) is 5.71. The number of carboxylic acids is 1. The largest absolute Gasteiger partial charge is 0.490 e. The molecule has 0 bridgehead atoms. The minimum absolute atomic E-state index is 0.0902. The maximum absolute atomic E-state index is 12.8. The molecule has 3 rings (SSSR count). The van der Waals surface area contributed by atoms with Crippen molar-refractivity contribution in [3.05, 3.63) is 63.0 Å². The van der Waals surface area contributed by atoms with Gasteiger partial charge in [-0.25, -0.2) is 4.79 Å². The summed E-state index contributed by atoms with van der Waals surface area (Å²) in [4.78, 5) is 49.7. The molecular weight excluding hydrogens is 502 g/mol. The van der Waals surface area contributed by atoms with Crippen molar-refractivity contribution in [3.63, 3.8) is 0 Å². The molecule has 1 N–H and O–H groups in total. The zero-order chi connectivity index (χ0) is 23.3. The summed E-state index contributed by atoms with van der Waals surface area (Å²) in [5.41, 5.74) is 0.756. The van der Waals surface area contributed by atoms with E-state index in [-0.39, 0.29) is 23.0 Å². The van der Waals surface area contributed by atoms with Gasteiger partial charge in [-0.05, 0) is 43.0 Å². The van der Waals surface area contributed by atoms with Gasteiger partial charge >= 0.3 is 5.97 Å². The van der Waals surface area contributed by atoms with Crippen molar-refractivity contribution in [1.82, 2.24) is 4.90 Å². The number of aliphatic carboxylic acids is 1. The van der Waals surface area contributed by atoms with Crippen LogP contribution in [0.3, 0.4) is 0 Å². The fourth-order valence-electron chi connectivity index (χ4n) is 2.85. The van der Waals surface area contributed by atoms with Crippen molar-refractivity contribution in [2.45, 2.75) is 6.92 Å². The second-order valence-electron chi connectivity index (χ2n) is 6.49. The Morgan fingerprint density at radius 1 is 1.12 bits per heavy atom. The number of para-hydroxylation sites is 1. The molecule has 0 atom stereocenters. The highest BCUT2D eigenvalue weighted by Crippen LogP contribution is 2.37. The molecule has 10 heteroatoms. The first-order chi connectivity index (χ1) is 15.3. The van der Waals surface area contributed by atoms with E-state index in [0.29, 0.717) is 35.2 Å². The Morgan fingerprint density at radius 2 is 1.84 bits per heavy atom. The molecule has 0 aromatic heterocycles. The molecular formula is C22H18BrNO7S. The molecule has 0 aliphatic carbocycles. The Kier molecular flexibility index (Phi) is 7.70. The molecule has 1 fully saturated rings. The molecule has 32 heavy (non-hydrogen) atoms. The minimum Gasteiger partial charge on any atom is -0.490 e. The molecule has 8 nitrogen and oxygen atoms in total. The molecule has 2 amide bonds. The topological polar surface area (TPSA) is 110 Å². The Morgan fingerprint density at radius 3 is 2.50 bits per heavy atom. The molecule has 1 aliphatic heterocycles. The van der Waals surface area contributed by atoms with Gasteiger partial charge in [0.1, 0.15) is 0 Å². The van der Waals surface area contributed by atoms with Crippen molar-refractivity contribution in [2.75, 3.05) is 19.8 Å². The van der Waals surface area contributed by atoms with Crippen LogP contribution in [0.15, 0.2) is 51.8 Å². The number of Topliss-reactive ketones (excluding diaryl/α,β-unsaturated/α-hetero) is 1. The summed E-state index contributed by atoms with van der Waals surface area (Å²) in [6.07, 6.45) is 1.43. The number of ether oxygens (including phenoxy) is 2. The van der Waals surface area contributed by atoms with Crippen molar-refractivity contribution in [1.29, 1.82) is 0 Å². The van der Waals surface area contributed by atoms with Crippen molar-refractivity contribution in [2.24, 2.45) is 0 Å². The van der Waals surface area contributed by atoms with Crippen LogP contribution in [0.5, 0.6) is 11.5 Å². The van der Waals surface area contributed by atoms with E-state index in [4.69, 9.17) is 14.6 Å². The van der Waals surface area contributed by atoms with Crippen LogP contribution < -0.4 is 9.47 Å². The van der Waals surface area contributed by atoms with Crippen LogP contribution in [-0.2, 0) is 9.59 Å². The van der Waals surface area contributed by atoms with Crippen molar-refractivity contribution >= 4 is 56.7 Å². The summed E-state index contributed by atoms with van der Waals surface area (Å²) >= 11 is 3.98. The van der Waals surface area contributed by atoms with Crippen LogP contribution in [0.25, 0.3) is 6.08 Å². The van der Waals surface area contributed by atoms with Crippen LogP contribution in [0.2, 0.25) is 0 Å².